The second-order valence-electron chi connectivity index (χ2n) is 3.43. The lowest BCUT2D eigenvalue weighted by atomic mass is 10.3. The highest BCUT2D eigenvalue weighted by atomic mass is 127. The second kappa shape index (κ2) is 5.90. The van der Waals surface area contributed by atoms with Gasteiger partial charge in [0.1, 0.15) is 0 Å². The minimum absolute atomic E-state index is 0.0334. The number of benzene rings is 2. The Kier molecular flexibility index (Phi) is 4.47. The Balaban J connectivity index is 2.34. The number of halogens is 2. The smallest absolute Gasteiger partial charge is 0.258 e. The van der Waals surface area contributed by atoms with Crippen molar-refractivity contribution in [2.24, 2.45) is 0 Å². The van der Waals surface area contributed by atoms with Gasteiger partial charge in [0.2, 0.25) is 0 Å². The van der Waals surface area contributed by atoms with Crippen LogP contribution in [0.15, 0.2) is 52.3 Å². The van der Waals surface area contributed by atoms with E-state index in [1.54, 1.807) is 12.1 Å². The third kappa shape index (κ3) is 3.37. The van der Waals surface area contributed by atoms with Crippen molar-refractivity contribution in [3.63, 3.8) is 0 Å². The first-order valence-electron chi connectivity index (χ1n) is 4.93. The molecule has 6 heteroatoms. The number of rotatable bonds is 3. The van der Waals surface area contributed by atoms with Crippen LogP contribution in [0.4, 0.5) is 5.69 Å². The Bertz CT molecular complexity index is 589. The van der Waals surface area contributed by atoms with Gasteiger partial charge in [-0.05, 0) is 59.0 Å². The van der Waals surface area contributed by atoms with Crippen LogP contribution in [0.1, 0.15) is 0 Å². The zero-order valence-corrected chi connectivity index (χ0v) is 12.7. The summed E-state index contributed by atoms with van der Waals surface area (Å²) >= 11 is 9.34. The molecule has 3 nitrogen and oxygen atoms in total. The van der Waals surface area contributed by atoms with Crippen molar-refractivity contribution in [1.29, 1.82) is 0 Å². The molecule has 18 heavy (non-hydrogen) atoms. The number of hydrogen-bond acceptors (Lipinski definition) is 3. The molecule has 0 aliphatic carbocycles. The largest absolute Gasteiger partial charge is 0.284 e. The van der Waals surface area contributed by atoms with Crippen molar-refractivity contribution in [1.82, 2.24) is 0 Å². The molecule has 0 spiro atoms. The Morgan fingerprint density at radius 3 is 2.44 bits per heavy atom. The molecule has 2 aromatic rings. The molecule has 0 saturated carbocycles. The zero-order valence-electron chi connectivity index (χ0n) is 8.97. The Labute approximate surface area is 127 Å². The van der Waals surface area contributed by atoms with Crippen LogP contribution in [0.2, 0.25) is 5.02 Å². The highest BCUT2D eigenvalue weighted by molar-refractivity contribution is 14.1. The summed E-state index contributed by atoms with van der Waals surface area (Å²) in [5, 5.41) is 11.3. The van der Waals surface area contributed by atoms with Crippen molar-refractivity contribution < 1.29 is 4.92 Å². The van der Waals surface area contributed by atoms with Crippen molar-refractivity contribution >= 4 is 51.6 Å². The van der Waals surface area contributed by atoms with Gasteiger partial charge in [0.05, 0.1) is 9.82 Å². The molecule has 0 aliphatic rings. The minimum atomic E-state index is -0.416. The van der Waals surface area contributed by atoms with Gasteiger partial charge in [-0.2, -0.15) is 0 Å². The predicted octanol–water partition coefficient (Wildman–Crippen LogP) is 5.00. The second-order valence-corrected chi connectivity index (χ2v) is 6.22. The summed E-state index contributed by atoms with van der Waals surface area (Å²) in [6, 6.07) is 12.5. The number of hydrogen-bond donors (Lipinski definition) is 0. The van der Waals surface area contributed by atoms with Gasteiger partial charge in [0, 0.05) is 19.6 Å². The summed E-state index contributed by atoms with van der Waals surface area (Å²) in [5.74, 6) is 0. The average Bonchev–Trinajstić information content (AvgIpc) is 2.34. The maximum atomic E-state index is 11.0. The average molecular weight is 392 g/mol. The van der Waals surface area contributed by atoms with E-state index < -0.39 is 4.92 Å². The molecule has 0 aliphatic heterocycles. The van der Waals surface area contributed by atoms with E-state index in [0.29, 0.717) is 9.92 Å². The van der Waals surface area contributed by atoms with Gasteiger partial charge in [0.25, 0.3) is 5.69 Å². The van der Waals surface area contributed by atoms with Gasteiger partial charge >= 0.3 is 0 Å². The first-order chi connectivity index (χ1) is 8.56. The minimum Gasteiger partial charge on any atom is -0.258 e. The van der Waals surface area contributed by atoms with E-state index in [2.05, 4.69) is 22.6 Å². The van der Waals surface area contributed by atoms with E-state index in [1.807, 2.05) is 24.3 Å². The summed E-state index contributed by atoms with van der Waals surface area (Å²) < 4.78 is 1.13. The summed E-state index contributed by atoms with van der Waals surface area (Å²) in [4.78, 5) is 12.1. The molecular formula is C12H7ClINO2S. The van der Waals surface area contributed by atoms with E-state index in [9.17, 15) is 10.1 Å². The summed E-state index contributed by atoms with van der Waals surface area (Å²) in [6.45, 7) is 0. The van der Waals surface area contributed by atoms with E-state index in [1.165, 1.54) is 17.8 Å². The molecule has 92 valence electrons. The van der Waals surface area contributed by atoms with Gasteiger partial charge in [-0.1, -0.05) is 23.4 Å². The fourth-order valence-corrected chi connectivity index (χ4v) is 2.78. The SMILES string of the molecule is O=[N+]([O-])c1cc(Cl)ccc1Sc1ccc(I)cc1. The molecule has 0 aromatic heterocycles. The summed E-state index contributed by atoms with van der Waals surface area (Å²) in [5.41, 5.74) is 0.0334. The molecule has 0 saturated heterocycles. The molecule has 0 radical (unpaired) electrons. The molecule has 0 atom stereocenters. The van der Waals surface area contributed by atoms with Crippen LogP contribution in [0.25, 0.3) is 0 Å². The maximum Gasteiger partial charge on any atom is 0.284 e. The van der Waals surface area contributed by atoms with Crippen LogP contribution in [0.5, 0.6) is 0 Å². The third-order valence-corrected chi connectivity index (χ3v) is 4.19. The normalized spacial score (nSPS) is 10.3. The lowest BCUT2D eigenvalue weighted by molar-refractivity contribution is -0.387. The van der Waals surface area contributed by atoms with E-state index in [0.717, 1.165) is 8.47 Å². The van der Waals surface area contributed by atoms with E-state index in [4.69, 9.17) is 11.6 Å². The topological polar surface area (TPSA) is 43.1 Å². The summed E-state index contributed by atoms with van der Waals surface area (Å²) in [7, 11) is 0. The first kappa shape index (κ1) is 13.6. The molecule has 0 fully saturated rings. The van der Waals surface area contributed by atoms with Crippen molar-refractivity contribution in [3.05, 3.63) is 61.2 Å². The predicted molar refractivity (Wildman–Crippen MR) is 81.4 cm³/mol. The number of nitrogens with zero attached hydrogens (tertiary/aromatic N) is 1. The molecule has 0 amide bonds. The monoisotopic (exact) mass is 391 g/mol. The van der Waals surface area contributed by atoms with Crippen LogP contribution >= 0.6 is 46.0 Å². The Hall–Kier alpha value is -0.790. The highest BCUT2D eigenvalue weighted by Crippen LogP contribution is 2.36. The standard InChI is InChI=1S/C12H7ClINO2S/c13-8-1-6-12(11(7-8)15(16)17)18-10-4-2-9(14)3-5-10/h1-7H. The molecule has 0 bridgehead atoms. The van der Waals surface area contributed by atoms with Gasteiger partial charge in [-0.3, -0.25) is 10.1 Å². The van der Waals surface area contributed by atoms with Crippen LogP contribution in [0.3, 0.4) is 0 Å². The molecule has 0 heterocycles. The number of nitro groups is 1. The Morgan fingerprint density at radius 2 is 1.83 bits per heavy atom. The lowest BCUT2D eigenvalue weighted by Gasteiger charge is -2.03. The third-order valence-electron chi connectivity index (χ3n) is 2.16. The fraction of sp³-hybridized carbons (Fsp3) is 0. The van der Waals surface area contributed by atoms with Crippen LogP contribution in [-0.2, 0) is 0 Å². The van der Waals surface area contributed by atoms with Crippen LogP contribution < -0.4 is 0 Å². The van der Waals surface area contributed by atoms with Gasteiger partial charge in [0.15, 0.2) is 0 Å². The molecule has 2 rings (SSSR count). The lowest BCUT2D eigenvalue weighted by Crippen LogP contribution is -1.90. The maximum absolute atomic E-state index is 11.0. The van der Waals surface area contributed by atoms with Crippen molar-refractivity contribution in [2.75, 3.05) is 0 Å². The molecule has 0 unspecified atom stereocenters. The van der Waals surface area contributed by atoms with Gasteiger partial charge < -0.3 is 0 Å². The van der Waals surface area contributed by atoms with Crippen LogP contribution in [0, 0.1) is 13.7 Å². The van der Waals surface area contributed by atoms with E-state index >= 15 is 0 Å². The molecular weight excluding hydrogens is 385 g/mol. The molecule has 0 N–H and O–H groups in total. The number of nitro benzene ring substituents is 1. The molecule has 2 aromatic carbocycles. The van der Waals surface area contributed by atoms with Crippen molar-refractivity contribution in [2.45, 2.75) is 9.79 Å². The quantitative estimate of drug-likeness (QED) is 0.420. The van der Waals surface area contributed by atoms with Crippen LogP contribution in [-0.4, -0.2) is 4.92 Å². The van der Waals surface area contributed by atoms with Gasteiger partial charge in [-0.15, -0.1) is 0 Å². The van der Waals surface area contributed by atoms with Crippen molar-refractivity contribution in [3.8, 4) is 0 Å². The highest BCUT2D eigenvalue weighted by Gasteiger charge is 2.15. The summed E-state index contributed by atoms with van der Waals surface area (Å²) in [6.07, 6.45) is 0. The zero-order chi connectivity index (χ0) is 13.1. The first-order valence-corrected chi connectivity index (χ1v) is 7.21. The Morgan fingerprint density at radius 1 is 1.17 bits per heavy atom. The van der Waals surface area contributed by atoms with E-state index in [-0.39, 0.29) is 5.69 Å². The fourth-order valence-electron chi connectivity index (χ4n) is 1.35. The van der Waals surface area contributed by atoms with Gasteiger partial charge in [-0.25, -0.2) is 0 Å².